The van der Waals surface area contributed by atoms with Crippen molar-refractivity contribution in [3.8, 4) is 0 Å². The molecule has 5 nitrogen and oxygen atoms in total. The number of para-hydroxylation sites is 1. The molecule has 0 aromatic heterocycles. The molecule has 6 heteroatoms. The highest BCUT2D eigenvalue weighted by molar-refractivity contribution is 14.0. The van der Waals surface area contributed by atoms with Gasteiger partial charge in [0.2, 0.25) is 5.91 Å². The first-order valence-electron chi connectivity index (χ1n) is 7.70. The van der Waals surface area contributed by atoms with Crippen LogP contribution in [0.15, 0.2) is 29.3 Å². The van der Waals surface area contributed by atoms with E-state index in [1.54, 1.807) is 0 Å². The topological polar surface area (TPSA) is 79.5 Å². The minimum absolute atomic E-state index is 0. The van der Waals surface area contributed by atoms with E-state index in [0.717, 1.165) is 11.3 Å². The van der Waals surface area contributed by atoms with Crippen LogP contribution in [-0.4, -0.2) is 24.5 Å². The number of benzene rings is 1. The molecule has 4 N–H and O–H groups in total. The van der Waals surface area contributed by atoms with Crippen molar-refractivity contribution < 1.29 is 4.79 Å². The summed E-state index contributed by atoms with van der Waals surface area (Å²) < 4.78 is 0. The molecular formula is C16H23IN4O. The predicted molar refractivity (Wildman–Crippen MR) is 99.7 cm³/mol. The van der Waals surface area contributed by atoms with Gasteiger partial charge in [-0.1, -0.05) is 31.0 Å². The Hall–Kier alpha value is -1.31. The van der Waals surface area contributed by atoms with Gasteiger partial charge in [0.05, 0.1) is 5.92 Å². The maximum Gasteiger partial charge on any atom is 0.232 e. The molecule has 0 radical (unpaired) electrons. The quantitative estimate of drug-likeness (QED) is 0.403. The third-order valence-corrected chi connectivity index (χ3v) is 4.32. The molecule has 1 aliphatic carbocycles. The molecule has 1 aliphatic heterocycles. The van der Waals surface area contributed by atoms with Crippen LogP contribution in [0, 0.1) is 0 Å². The monoisotopic (exact) mass is 414 g/mol. The van der Waals surface area contributed by atoms with E-state index >= 15 is 0 Å². The molecule has 2 aliphatic rings. The summed E-state index contributed by atoms with van der Waals surface area (Å²) >= 11 is 0. The number of fused-ring (bicyclic) bond motifs is 1. The number of carbonyl (C=O) groups is 1. The lowest BCUT2D eigenvalue weighted by molar-refractivity contribution is -0.117. The van der Waals surface area contributed by atoms with Crippen LogP contribution in [0.1, 0.15) is 43.6 Å². The van der Waals surface area contributed by atoms with Gasteiger partial charge in [-0.3, -0.25) is 9.79 Å². The fourth-order valence-electron chi connectivity index (χ4n) is 3.20. The van der Waals surface area contributed by atoms with Crippen LogP contribution in [0.4, 0.5) is 5.69 Å². The molecule has 1 atom stereocenters. The van der Waals surface area contributed by atoms with Gasteiger partial charge < -0.3 is 16.4 Å². The molecule has 1 fully saturated rings. The molecule has 22 heavy (non-hydrogen) atoms. The Morgan fingerprint density at radius 2 is 2.05 bits per heavy atom. The standard InChI is InChI=1S/C16H22N4O.HI/c17-16(19-11-5-1-2-6-11)18-10-9-13-12-7-3-4-8-14(12)20-15(13)21;/h3-4,7-8,11,13H,1-2,5-6,9-10H2,(H,20,21)(H3,17,18,19);1H. The smallest absolute Gasteiger partial charge is 0.232 e. The molecule has 1 saturated carbocycles. The van der Waals surface area contributed by atoms with Crippen molar-refractivity contribution in [3.63, 3.8) is 0 Å². The summed E-state index contributed by atoms with van der Waals surface area (Å²) in [5, 5.41) is 6.17. The van der Waals surface area contributed by atoms with E-state index < -0.39 is 0 Å². The predicted octanol–water partition coefficient (Wildman–Crippen LogP) is 2.58. The number of nitrogens with zero attached hydrogens (tertiary/aromatic N) is 1. The van der Waals surface area contributed by atoms with Crippen molar-refractivity contribution in [1.29, 1.82) is 0 Å². The zero-order valence-corrected chi connectivity index (χ0v) is 14.9. The SMILES string of the molecule is I.NC(=NCCC1C(=O)Nc2ccccc21)NC1CCCC1. The Bertz CT molecular complexity index is 555. The number of aliphatic imine (C=N–C) groups is 1. The third-order valence-electron chi connectivity index (χ3n) is 4.32. The maximum atomic E-state index is 12.0. The molecule has 1 unspecified atom stereocenters. The number of carbonyl (C=O) groups excluding carboxylic acids is 1. The second-order valence-corrected chi connectivity index (χ2v) is 5.81. The Balaban J connectivity index is 0.00000176. The first-order valence-corrected chi connectivity index (χ1v) is 7.70. The molecule has 0 bridgehead atoms. The number of halogens is 1. The van der Waals surface area contributed by atoms with Gasteiger partial charge in [0, 0.05) is 18.3 Å². The van der Waals surface area contributed by atoms with E-state index in [-0.39, 0.29) is 35.8 Å². The number of hydrogen-bond donors (Lipinski definition) is 3. The number of nitrogens with one attached hydrogen (secondary N) is 2. The zero-order chi connectivity index (χ0) is 14.7. The van der Waals surface area contributed by atoms with Crippen LogP contribution < -0.4 is 16.4 Å². The molecule has 3 rings (SSSR count). The van der Waals surface area contributed by atoms with Crippen molar-refractivity contribution >= 4 is 41.5 Å². The first kappa shape index (κ1) is 17.1. The number of amides is 1. The van der Waals surface area contributed by atoms with Crippen LogP contribution in [0.25, 0.3) is 0 Å². The van der Waals surface area contributed by atoms with Crippen LogP contribution in [-0.2, 0) is 4.79 Å². The Labute approximate surface area is 148 Å². The van der Waals surface area contributed by atoms with Crippen molar-refractivity contribution in [2.75, 3.05) is 11.9 Å². The van der Waals surface area contributed by atoms with E-state index in [1.165, 1.54) is 25.7 Å². The minimum atomic E-state index is -0.107. The summed E-state index contributed by atoms with van der Waals surface area (Å²) in [6.45, 7) is 0.567. The molecule has 1 heterocycles. The molecule has 120 valence electrons. The highest BCUT2D eigenvalue weighted by Gasteiger charge is 2.29. The first-order chi connectivity index (χ1) is 10.2. The fourth-order valence-corrected chi connectivity index (χ4v) is 3.20. The van der Waals surface area contributed by atoms with E-state index in [2.05, 4.69) is 15.6 Å². The van der Waals surface area contributed by atoms with Gasteiger partial charge in [0.25, 0.3) is 0 Å². The number of hydrogen-bond acceptors (Lipinski definition) is 2. The summed E-state index contributed by atoms with van der Waals surface area (Å²) in [4.78, 5) is 16.3. The highest BCUT2D eigenvalue weighted by atomic mass is 127. The average Bonchev–Trinajstić information content (AvgIpc) is 3.07. The average molecular weight is 414 g/mol. The van der Waals surface area contributed by atoms with Crippen LogP contribution in [0.5, 0.6) is 0 Å². The lowest BCUT2D eigenvalue weighted by Crippen LogP contribution is -2.38. The normalized spacial score (nSPS) is 21.2. The van der Waals surface area contributed by atoms with Gasteiger partial charge in [-0.25, -0.2) is 0 Å². The number of rotatable bonds is 4. The second-order valence-electron chi connectivity index (χ2n) is 5.81. The molecule has 0 spiro atoms. The van der Waals surface area contributed by atoms with Crippen molar-refractivity contribution in [2.24, 2.45) is 10.7 Å². The van der Waals surface area contributed by atoms with E-state index in [1.807, 2.05) is 24.3 Å². The molecule has 1 amide bonds. The lowest BCUT2D eigenvalue weighted by Gasteiger charge is -2.12. The Kier molecular flexibility index (Phi) is 6.05. The third kappa shape index (κ3) is 3.91. The summed E-state index contributed by atoms with van der Waals surface area (Å²) in [7, 11) is 0. The number of anilines is 1. The molecular weight excluding hydrogens is 391 g/mol. The van der Waals surface area contributed by atoms with Gasteiger partial charge in [-0.05, 0) is 30.9 Å². The van der Waals surface area contributed by atoms with Gasteiger partial charge in [-0.15, -0.1) is 24.0 Å². The Morgan fingerprint density at radius 1 is 1.32 bits per heavy atom. The highest BCUT2D eigenvalue weighted by Crippen LogP contribution is 2.34. The number of nitrogens with two attached hydrogens (primary N) is 1. The molecule has 1 aromatic carbocycles. The van der Waals surface area contributed by atoms with E-state index in [0.29, 0.717) is 25.0 Å². The van der Waals surface area contributed by atoms with Gasteiger partial charge >= 0.3 is 0 Å². The van der Waals surface area contributed by atoms with Crippen molar-refractivity contribution in [3.05, 3.63) is 29.8 Å². The van der Waals surface area contributed by atoms with Gasteiger partial charge in [0.15, 0.2) is 5.96 Å². The summed E-state index contributed by atoms with van der Waals surface area (Å²) in [6.07, 6.45) is 5.58. The summed E-state index contributed by atoms with van der Waals surface area (Å²) in [5.74, 6) is 0.464. The second kappa shape index (κ2) is 7.80. The van der Waals surface area contributed by atoms with Crippen LogP contribution >= 0.6 is 24.0 Å². The van der Waals surface area contributed by atoms with Crippen LogP contribution in [0.3, 0.4) is 0 Å². The van der Waals surface area contributed by atoms with Crippen molar-refractivity contribution in [1.82, 2.24) is 5.32 Å². The summed E-state index contributed by atoms with van der Waals surface area (Å²) in [5.41, 5.74) is 7.90. The van der Waals surface area contributed by atoms with Crippen molar-refractivity contribution in [2.45, 2.75) is 44.1 Å². The Morgan fingerprint density at radius 3 is 2.82 bits per heavy atom. The lowest BCUT2D eigenvalue weighted by atomic mass is 9.97. The minimum Gasteiger partial charge on any atom is -0.370 e. The fraction of sp³-hybridized carbons (Fsp3) is 0.500. The van der Waals surface area contributed by atoms with Crippen LogP contribution in [0.2, 0.25) is 0 Å². The van der Waals surface area contributed by atoms with Gasteiger partial charge in [-0.2, -0.15) is 0 Å². The molecule has 0 saturated heterocycles. The maximum absolute atomic E-state index is 12.0. The van der Waals surface area contributed by atoms with E-state index in [4.69, 9.17) is 5.73 Å². The zero-order valence-electron chi connectivity index (χ0n) is 12.5. The van der Waals surface area contributed by atoms with E-state index in [9.17, 15) is 4.79 Å². The largest absolute Gasteiger partial charge is 0.370 e. The molecule has 1 aromatic rings. The number of guanidine groups is 1. The summed E-state index contributed by atoms with van der Waals surface area (Å²) in [6, 6.07) is 8.31. The van der Waals surface area contributed by atoms with Gasteiger partial charge in [0.1, 0.15) is 0 Å².